The first-order valence-corrected chi connectivity index (χ1v) is 13.0. The molecule has 1 aromatic heterocycles. The second-order valence-electron chi connectivity index (χ2n) is 9.52. The molecule has 1 amide bonds. The number of aliphatic hydroxyl groups is 1. The Bertz CT molecular complexity index is 1300. The molecule has 3 aromatic carbocycles. The number of carbonyl (C=O) groups excluding carboxylic acids is 1. The summed E-state index contributed by atoms with van der Waals surface area (Å²) >= 11 is 0. The van der Waals surface area contributed by atoms with Crippen LogP contribution in [0.15, 0.2) is 91.0 Å². The quantitative estimate of drug-likeness (QED) is 0.367. The number of rotatable bonds is 9. The Balaban J connectivity index is 1.16. The van der Waals surface area contributed by atoms with E-state index in [-0.39, 0.29) is 18.4 Å². The average molecular weight is 512 g/mol. The Morgan fingerprint density at radius 1 is 0.868 bits per heavy atom. The fraction of sp³-hybridized carbons (Fsp3) is 0.290. The number of fused-ring (bicyclic) bond motifs is 1. The number of hydrogen-bond donors (Lipinski definition) is 1. The topological polar surface area (TPSA) is 75.1 Å². The van der Waals surface area contributed by atoms with E-state index in [4.69, 9.17) is 9.47 Å². The number of benzene rings is 3. The molecule has 0 bridgehead atoms. The molecule has 0 aliphatic carbocycles. The minimum absolute atomic E-state index is 0.118. The van der Waals surface area contributed by atoms with Crippen LogP contribution in [0.5, 0.6) is 11.6 Å². The maximum absolute atomic E-state index is 13.7. The van der Waals surface area contributed by atoms with Gasteiger partial charge in [-0.15, -0.1) is 0 Å². The van der Waals surface area contributed by atoms with Crippen molar-refractivity contribution in [1.82, 2.24) is 14.8 Å². The number of ether oxygens (including phenoxy) is 2. The second-order valence-corrected chi connectivity index (χ2v) is 9.52. The lowest BCUT2D eigenvalue weighted by atomic mass is 9.90. The van der Waals surface area contributed by atoms with Gasteiger partial charge in [0, 0.05) is 44.2 Å². The van der Waals surface area contributed by atoms with E-state index in [0.717, 1.165) is 22.0 Å². The predicted octanol–water partition coefficient (Wildman–Crippen LogP) is 3.96. The number of methoxy groups -OCH3 is 1. The van der Waals surface area contributed by atoms with Crippen LogP contribution in [-0.4, -0.2) is 78.3 Å². The van der Waals surface area contributed by atoms with Crippen LogP contribution in [-0.2, 0) is 4.79 Å². The number of aromatic nitrogens is 1. The standard InChI is InChI=1S/C31H33N3O4/c1-37-29-16-15-26-27(32-29)13-8-14-28(26)38-22-25(35)21-33-17-19-34(20-18-33)31(36)30(23-9-4-2-5-10-23)24-11-6-3-7-12-24/h2-16,25,30,35H,17-22H2,1H3. The van der Waals surface area contributed by atoms with E-state index in [0.29, 0.717) is 44.4 Å². The van der Waals surface area contributed by atoms with Gasteiger partial charge in [-0.05, 0) is 29.3 Å². The molecule has 1 unspecified atom stereocenters. The van der Waals surface area contributed by atoms with E-state index in [2.05, 4.69) is 9.88 Å². The van der Waals surface area contributed by atoms with Crippen molar-refractivity contribution in [2.24, 2.45) is 0 Å². The van der Waals surface area contributed by atoms with Crippen molar-refractivity contribution < 1.29 is 19.4 Å². The molecule has 1 atom stereocenters. The van der Waals surface area contributed by atoms with E-state index >= 15 is 0 Å². The Kier molecular flexibility index (Phi) is 8.16. The molecule has 0 spiro atoms. The number of carbonyl (C=O) groups is 1. The molecule has 7 nitrogen and oxygen atoms in total. The third-order valence-electron chi connectivity index (χ3n) is 6.97. The molecule has 1 saturated heterocycles. The Morgan fingerprint density at radius 3 is 2.16 bits per heavy atom. The highest BCUT2D eigenvalue weighted by atomic mass is 16.5. The predicted molar refractivity (Wildman–Crippen MR) is 148 cm³/mol. The highest BCUT2D eigenvalue weighted by Gasteiger charge is 2.30. The van der Waals surface area contributed by atoms with E-state index in [1.165, 1.54) is 0 Å². The minimum atomic E-state index is -0.653. The van der Waals surface area contributed by atoms with Gasteiger partial charge < -0.3 is 19.5 Å². The van der Waals surface area contributed by atoms with Gasteiger partial charge in [0.25, 0.3) is 0 Å². The lowest BCUT2D eigenvalue weighted by Crippen LogP contribution is -2.52. The third kappa shape index (κ3) is 5.96. The van der Waals surface area contributed by atoms with Crippen molar-refractivity contribution in [3.8, 4) is 11.6 Å². The van der Waals surface area contributed by atoms with Gasteiger partial charge in [0.05, 0.1) is 18.5 Å². The molecular weight excluding hydrogens is 478 g/mol. The molecule has 5 rings (SSSR count). The summed E-state index contributed by atoms with van der Waals surface area (Å²) in [6, 6.07) is 29.3. The highest BCUT2D eigenvalue weighted by Crippen LogP contribution is 2.28. The highest BCUT2D eigenvalue weighted by molar-refractivity contribution is 5.87. The fourth-order valence-corrected chi connectivity index (χ4v) is 4.99. The summed E-state index contributed by atoms with van der Waals surface area (Å²) in [6.07, 6.45) is -0.653. The Morgan fingerprint density at radius 2 is 1.53 bits per heavy atom. The van der Waals surface area contributed by atoms with Gasteiger partial charge in [-0.2, -0.15) is 0 Å². The Hall–Kier alpha value is -3.94. The van der Waals surface area contributed by atoms with Crippen LogP contribution in [0.4, 0.5) is 0 Å². The first kappa shape index (κ1) is 25.7. The van der Waals surface area contributed by atoms with Crippen LogP contribution < -0.4 is 9.47 Å². The zero-order chi connectivity index (χ0) is 26.3. The second kappa shape index (κ2) is 12.1. The maximum Gasteiger partial charge on any atom is 0.234 e. The van der Waals surface area contributed by atoms with Gasteiger partial charge in [0.1, 0.15) is 18.5 Å². The number of aliphatic hydroxyl groups excluding tert-OH is 1. The lowest BCUT2D eigenvalue weighted by Gasteiger charge is -2.37. The van der Waals surface area contributed by atoms with Crippen molar-refractivity contribution in [3.63, 3.8) is 0 Å². The molecule has 38 heavy (non-hydrogen) atoms. The minimum Gasteiger partial charge on any atom is -0.490 e. The summed E-state index contributed by atoms with van der Waals surface area (Å²) < 4.78 is 11.2. The van der Waals surface area contributed by atoms with Crippen LogP contribution in [0.2, 0.25) is 0 Å². The van der Waals surface area contributed by atoms with Crippen LogP contribution in [0.1, 0.15) is 17.0 Å². The smallest absolute Gasteiger partial charge is 0.234 e. The summed E-state index contributed by atoms with van der Waals surface area (Å²) in [5, 5.41) is 11.6. The number of hydrogen-bond acceptors (Lipinski definition) is 6. The van der Waals surface area contributed by atoms with Gasteiger partial charge in [-0.25, -0.2) is 4.98 Å². The lowest BCUT2D eigenvalue weighted by molar-refractivity contribution is -0.133. The van der Waals surface area contributed by atoms with Gasteiger partial charge >= 0.3 is 0 Å². The molecule has 7 heteroatoms. The zero-order valence-electron chi connectivity index (χ0n) is 21.6. The molecule has 1 aliphatic heterocycles. The summed E-state index contributed by atoms with van der Waals surface area (Å²) in [6.45, 7) is 3.32. The van der Waals surface area contributed by atoms with E-state index in [1.54, 1.807) is 13.2 Å². The van der Waals surface area contributed by atoms with Gasteiger partial charge in [0.15, 0.2) is 0 Å². The molecule has 2 heterocycles. The molecule has 0 radical (unpaired) electrons. The Labute approximate surface area is 223 Å². The van der Waals surface area contributed by atoms with Crippen molar-refractivity contribution in [3.05, 3.63) is 102 Å². The van der Waals surface area contributed by atoms with E-state index < -0.39 is 6.10 Å². The van der Waals surface area contributed by atoms with Gasteiger partial charge in [-0.3, -0.25) is 9.69 Å². The first-order chi connectivity index (χ1) is 18.6. The maximum atomic E-state index is 13.7. The summed E-state index contributed by atoms with van der Waals surface area (Å²) in [4.78, 5) is 22.2. The van der Waals surface area contributed by atoms with Crippen LogP contribution in [0.3, 0.4) is 0 Å². The number of amides is 1. The zero-order valence-corrected chi connectivity index (χ0v) is 21.6. The normalized spacial score (nSPS) is 15.0. The summed E-state index contributed by atoms with van der Waals surface area (Å²) in [7, 11) is 1.59. The SMILES string of the molecule is COc1ccc2c(OCC(O)CN3CCN(C(=O)C(c4ccccc4)c4ccccc4)CC3)cccc2n1. The fourth-order valence-electron chi connectivity index (χ4n) is 4.99. The molecule has 4 aromatic rings. The average Bonchev–Trinajstić information content (AvgIpc) is 2.97. The van der Waals surface area contributed by atoms with Crippen molar-refractivity contribution >= 4 is 16.8 Å². The van der Waals surface area contributed by atoms with E-state index in [9.17, 15) is 9.90 Å². The van der Waals surface area contributed by atoms with Crippen molar-refractivity contribution in [2.45, 2.75) is 12.0 Å². The van der Waals surface area contributed by atoms with Gasteiger partial charge in [0.2, 0.25) is 11.8 Å². The molecule has 0 saturated carbocycles. The molecular formula is C31H33N3O4. The number of nitrogens with zero attached hydrogens (tertiary/aromatic N) is 3. The first-order valence-electron chi connectivity index (χ1n) is 13.0. The van der Waals surface area contributed by atoms with Crippen molar-refractivity contribution in [2.75, 3.05) is 46.4 Å². The molecule has 1 fully saturated rings. The van der Waals surface area contributed by atoms with Crippen LogP contribution in [0.25, 0.3) is 10.9 Å². The van der Waals surface area contributed by atoms with E-state index in [1.807, 2.05) is 89.8 Å². The number of piperazine rings is 1. The summed E-state index contributed by atoms with van der Waals surface area (Å²) in [5.41, 5.74) is 2.78. The number of β-amino-alcohol motifs (C(OH)–C–C–N with tert-alkyl or cyclic N) is 1. The molecule has 1 aliphatic rings. The number of pyridine rings is 1. The monoisotopic (exact) mass is 511 g/mol. The van der Waals surface area contributed by atoms with Gasteiger partial charge in [-0.1, -0.05) is 66.7 Å². The third-order valence-corrected chi connectivity index (χ3v) is 6.97. The van der Waals surface area contributed by atoms with Crippen LogP contribution >= 0.6 is 0 Å². The largest absolute Gasteiger partial charge is 0.490 e. The van der Waals surface area contributed by atoms with Crippen LogP contribution in [0, 0.1) is 0 Å². The summed E-state index contributed by atoms with van der Waals surface area (Å²) in [5.74, 6) is 1.02. The molecule has 196 valence electrons. The molecule has 1 N–H and O–H groups in total. The van der Waals surface area contributed by atoms with Crippen molar-refractivity contribution in [1.29, 1.82) is 0 Å².